The molecule has 0 aromatic heterocycles. The van der Waals surface area contributed by atoms with Gasteiger partial charge in [-0.2, -0.15) is 0 Å². The molecule has 0 saturated carbocycles. The van der Waals surface area contributed by atoms with E-state index in [1.165, 1.54) is 34.1 Å². The van der Waals surface area contributed by atoms with Gasteiger partial charge in [0, 0.05) is 36.3 Å². The topological polar surface area (TPSA) is 222 Å². The van der Waals surface area contributed by atoms with Crippen molar-refractivity contribution in [1.29, 1.82) is 0 Å². The van der Waals surface area contributed by atoms with Crippen LogP contribution in [0.25, 0.3) is 0 Å². The van der Waals surface area contributed by atoms with Gasteiger partial charge in [-0.1, -0.05) is 141 Å². The molecular weight excluding hydrogens is 1040 g/mol. The number of hydrogen-bond acceptors (Lipinski definition) is 10. The number of nitrogens with zero attached hydrogens (tertiary/aromatic N) is 4. The number of amides is 8. The quantitative estimate of drug-likeness (QED) is 0.0616. The minimum atomic E-state index is -1.04. The first-order chi connectivity index (χ1) is 38.9. The SMILES string of the molecule is BN(C)[C@@H](C)C(=O)N[C@H](C(=O)N1C[C@@H](NC(=O)c2ccc(C(=O)N[C@H]3C[C@@H](C(=O)N[C@H](c4ccccc4)c4ccc(C)cc4)N(C(=O)CNC(=O)[C@H](C)N(C)C)C3)cc2)C[C@H]1C(=O)N[C@H](c1ccccc1)c1ccc(C)cc1)C(C)(C)C. The predicted octanol–water partition coefficient (Wildman–Crippen LogP) is 3.98. The first-order valence-electron chi connectivity index (χ1n) is 28.0. The molecule has 0 unspecified atom stereocenters. The Morgan fingerprint density at radius 1 is 0.549 bits per heavy atom. The Kier molecular flexibility index (Phi) is 20.3. The number of likely N-dealkylation sites (N-methyl/N-ethyl adjacent to an activating group) is 2. The summed E-state index contributed by atoms with van der Waals surface area (Å²) in [7, 11) is 7.05. The number of aryl methyl sites for hydroxylation is 2. The zero-order chi connectivity index (χ0) is 59.6. The number of carbonyl (C=O) groups is 8. The molecule has 2 fully saturated rings. The van der Waals surface area contributed by atoms with E-state index in [1.54, 1.807) is 52.7 Å². The molecule has 7 rings (SSSR count). The third-order valence-corrected chi connectivity index (χ3v) is 15.7. The van der Waals surface area contributed by atoms with Crippen LogP contribution in [0.1, 0.15) is 114 Å². The van der Waals surface area contributed by atoms with E-state index in [4.69, 9.17) is 0 Å². The summed E-state index contributed by atoms with van der Waals surface area (Å²) in [6.07, 6.45) is 0.149. The van der Waals surface area contributed by atoms with Crippen LogP contribution in [-0.4, -0.2) is 158 Å². The lowest BCUT2D eigenvalue weighted by molar-refractivity contribution is -0.144. The molecule has 8 amide bonds. The Morgan fingerprint density at radius 2 is 0.951 bits per heavy atom. The number of hydrogen-bond donors (Lipinski definition) is 6. The number of nitrogens with one attached hydrogen (secondary N) is 6. The summed E-state index contributed by atoms with van der Waals surface area (Å²) in [5, 5.41) is 18.1. The van der Waals surface area contributed by atoms with E-state index >= 15 is 0 Å². The largest absolute Gasteiger partial charge is 0.347 e. The fourth-order valence-corrected chi connectivity index (χ4v) is 10.2. The smallest absolute Gasteiger partial charge is 0.251 e. The van der Waals surface area contributed by atoms with Crippen LogP contribution < -0.4 is 31.9 Å². The van der Waals surface area contributed by atoms with E-state index in [-0.39, 0.29) is 55.4 Å². The molecule has 18 nitrogen and oxygen atoms in total. The average molecular weight is 1120 g/mol. The van der Waals surface area contributed by atoms with Gasteiger partial charge in [-0.25, -0.2) is 0 Å². The lowest BCUT2D eigenvalue weighted by Crippen LogP contribution is -2.59. The van der Waals surface area contributed by atoms with Crippen molar-refractivity contribution in [2.75, 3.05) is 40.8 Å². The maximum Gasteiger partial charge on any atom is 0.251 e. The van der Waals surface area contributed by atoms with E-state index in [1.807, 2.05) is 144 Å². The lowest BCUT2D eigenvalue weighted by Gasteiger charge is -2.36. The molecule has 6 N–H and O–H groups in total. The summed E-state index contributed by atoms with van der Waals surface area (Å²) in [6.45, 7) is 12.5. The molecular formula is C63H79BN10O8. The predicted molar refractivity (Wildman–Crippen MR) is 318 cm³/mol. The highest BCUT2D eigenvalue weighted by molar-refractivity contribution is 6.07. The van der Waals surface area contributed by atoms with E-state index in [0.717, 1.165) is 33.4 Å². The fraction of sp³-hybridized carbons (Fsp3) is 0.397. The second-order valence-electron chi connectivity index (χ2n) is 23.3. The molecule has 0 aliphatic carbocycles. The minimum Gasteiger partial charge on any atom is -0.347 e. The summed E-state index contributed by atoms with van der Waals surface area (Å²) in [5.41, 5.74) is 5.11. The highest BCUT2D eigenvalue weighted by atomic mass is 16.2. The van der Waals surface area contributed by atoms with Gasteiger partial charge >= 0.3 is 0 Å². The zero-order valence-corrected chi connectivity index (χ0v) is 49.0. The molecule has 9 atom stereocenters. The molecule has 0 spiro atoms. The molecule has 2 aliphatic rings. The van der Waals surface area contributed by atoms with E-state index in [0.29, 0.717) is 0 Å². The van der Waals surface area contributed by atoms with Gasteiger partial charge in [0.1, 0.15) is 18.1 Å². The molecule has 5 aromatic carbocycles. The lowest BCUT2D eigenvalue weighted by atomic mass is 9.85. The van der Waals surface area contributed by atoms with Gasteiger partial charge in [-0.3, -0.25) is 43.3 Å². The maximum absolute atomic E-state index is 14.9. The first-order valence-corrected chi connectivity index (χ1v) is 28.0. The van der Waals surface area contributed by atoms with Crippen molar-refractivity contribution in [3.63, 3.8) is 0 Å². The van der Waals surface area contributed by atoms with Crippen molar-refractivity contribution in [3.8, 4) is 0 Å². The first kappa shape index (κ1) is 61.5. The van der Waals surface area contributed by atoms with Crippen molar-refractivity contribution in [2.45, 2.75) is 116 Å². The van der Waals surface area contributed by atoms with Gasteiger partial charge in [0.25, 0.3) is 11.8 Å². The average Bonchev–Trinajstić information content (AvgIpc) is 4.03. The molecule has 2 heterocycles. The van der Waals surface area contributed by atoms with Gasteiger partial charge < -0.3 is 46.5 Å². The van der Waals surface area contributed by atoms with Crippen LogP contribution in [-0.2, 0) is 28.8 Å². The Bertz CT molecular complexity index is 3070. The summed E-state index contributed by atoms with van der Waals surface area (Å²) < 4.78 is 0. The second kappa shape index (κ2) is 27.1. The number of carbonyl (C=O) groups excluding carboxylic acids is 8. The van der Waals surface area contributed by atoms with Crippen LogP contribution >= 0.6 is 0 Å². The standard InChI is InChI=1S/C63H79BN10O8/c1-38-21-25-44(26-22-38)53(42-17-13-11-14-18-42)68-60(80)50-33-48(36-73(50)52(75)35-65-56(76)40(3)71(8)9)66-58(78)46-29-31-47(32-30-46)59(79)67-49-34-51(74(37-49)62(82)55(63(5,6)7)70-57(77)41(4)72(10)64)61(81)69-54(43-19-15-12-16-20-43)45-27-23-39(2)24-28-45/h11-32,40-41,48-51,53-55H,33-37,64H2,1-10H3,(H,65,76)(H,66,78)(H,67,79)(H,68,80)(H,69,81)(H,70,77)/t40-,41-,48-,49-,50-,51-,53+,54+,55+/m0/s1. The van der Waals surface area contributed by atoms with Gasteiger partial charge in [-0.05, 0) is 114 Å². The molecule has 5 aromatic rings. The van der Waals surface area contributed by atoms with Crippen LogP contribution in [0.3, 0.4) is 0 Å². The molecule has 2 aliphatic heterocycles. The molecule has 2 saturated heterocycles. The van der Waals surface area contributed by atoms with Crippen LogP contribution in [0, 0.1) is 19.3 Å². The van der Waals surface area contributed by atoms with E-state index < -0.39 is 95.2 Å². The second-order valence-corrected chi connectivity index (χ2v) is 23.3. The van der Waals surface area contributed by atoms with E-state index in [9.17, 15) is 38.4 Å². The number of rotatable bonds is 20. The van der Waals surface area contributed by atoms with Crippen LogP contribution in [0.5, 0.6) is 0 Å². The Balaban J connectivity index is 1.08. The Hall–Kier alpha value is -8.16. The fourth-order valence-electron chi connectivity index (χ4n) is 10.2. The molecule has 0 bridgehead atoms. The van der Waals surface area contributed by atoms with Gasteiger partial charge in [-0.15, -0.1) is 0 Å². The number of benzene rings is 5. The Labute approximate surface area is 482 Å². The van der Waals surface area contributed by atoms with Crippen LogP contribution in [0.15, 0.2) is 133 Å². The normalized spacial score (nSPS) is 18.8. The highest BCUT2D eigenvalue weighted by Crippen LogP contribution is 2.30. The third kappa shape index (κ3) is 15.4. The van der Waals surface area contributed by atoms with Gasteiger partial charge in [0.2, 0.25) is 35.4 Å². The molecule has 82 heavy (non-hydrogen) atoms. The maximum atomic E-state index is 14.9. The third-order valence-electron chi connectivity index (χ3n) is 15.7. The zero-order valence-electron chi connectivity index (χ0n) is 49.0. The van der Waals surface area contributed by atoms with Crippen molar-refractivity contribution in [2.24, 2.45) is 5.41 Å². The van der Waals surface area contributed by atoms with Crippen LogP contribution in [0.2, 0.25) is 0 Å². The highest BCUT2D eigenvalue weighted by Gasteiger charge is 2.46. The van der Waals surface area contributed by atoms with Gasteiger partial charge in [0.15, 0.2) is 7.98 Å². The summed E-state index contributed by atoms with van der Waals surface area (Å²) in [6, 6.07) is 34.1. The minimum absolute atomic E-state index is 0.0142. The van der Waals surface area contributed by atoms with Crippen molar-refractivity contribution < 1.29 is 38.4 Å². The summed E-state index contributed by atoms with van der Waals surface area (Å²) in [5.74, 6) is -3.53. The van der Waals surface area contributed by atoms with Crippen molar-refractivity contribution in [3.05, 3.63) is 178 Å². The van der Waals surface area contributed by atoms with E-state index in [2.05, 4.69) is 31.9 Å². The summed E-state index contributed by atoms with van der Waals surface area (Å²) >= 11 is 0. The summed E-state index contributed by atoms with van der Waals surface area (Å²) in [4.78, 5) is 119. The van der Waals surface area contributed by atoms with Crippen molar-refractivity contribution in [1.82, 2.24) is 51.4 Å². The monoisotopic (exact) mass is 1110 g/mol. The van der Waals surface area contributed by atoms with Gasteiger partial charge in [0.05, 0.1) is 30.7 Å². The van der Waals surface area contributed by atoms with Crippen molar-refractivity contribution >= 4 is 55.2 Å². The number of likely N-dealkylation sites (tertiary alicyclic amines) is 2. The molecule has 19 heteroatoms. The molecule has 432 valence electrons. The Morgan fingerprint density at radius 3 is 1.35 bits per heavy atom. The van der Waals surface area contributed by atoms with Crippen LogP contribution in [0.4, 0.5) is 0 Å². The molecule has 0 radical (unpaired) electrons.